The number of hydrogen-bond donors (Lipinski definition) is 3. The number of rotatable bonds is 7. The number of aliphatic carboxylic acids is 1. The molecule has 1 aliphatic rings. The van der Waals surface area contributed by atoms with Crippen molar-refractivity contribution in [2.75, 3.05) is 13.2 Å². The molecule has 0 bridgehead atoms. The Kier molecular flexibility index (Phi) is 5.52. The van der Waals surface area contributed by atoms with Crippen LogP contribution in [0.5, 0.6) is 5.75 Å². The Morgan fingerprint density at radius 2 is 2.12 bits per heavy atom. The highest BCUT2D eigenvalue weighted by atomic mass is 32.1. The number of carbonyl (C=O) groups excluding carboxylic acids is 2. The average molecular weight is 374 g/mol. The van der Waals surface area contributed by atoms with E-state index in [1.807, 2.05) is 0 Å². The normalized spacial score (nSPS) is 13.4. The van der Waals surface area contributed by atoms with E-state index in [1.54, 1.807) is 35.7 Å². The minimum absolute atomic E-state index is 0.00501. The van der Waals surface area contributed by atoms with Gasteiger partial charge in [-0.05, 0) is 34.7 Å². The van der Waals surface area contributed by atoms with Gasteiger partial charge in [0.05, 0.1) is 11.5 Å². The second-order valence-electron chi connectivity index (χ2n) is 5.79. The maximum absolute atomic E-state index is 12.1. The van der Waals surface area contributed by atoms with Crippen LogP contribution in [0, 0.1) is 0 Å². The third-order valence-corrected chi connectivity index (χ3v) is 4.85. The quantitative estimate of drug-likeness (QED) is 0.685. The van der Waals surface area contributed by atoms with Gasteiger partial charge in [0, 0.05) is 19.4 Å². The summed E-state index contributed by atoms with van der Waals surface area (Å²) >= 11 is 1.31. The van der Waals surface area contributed by atoms with Gasteiger partial charge in [0.15, 0.2) is 6.04 Å². The smallest absolute Gasteiger partial charge is 0.330 e. The standard InChI is InChI=1S/C18H18N2O5S/c21-15(5-7-19-17(22)14-2-1-9-26-14)20-16(18(23)24)12-3-4-13-11(10-12)6-8-25-13/h1-4,9-10,16H,5-8H2,(H,19,22)(H,20,21)(H,23,24). The SMILES string of the molecule is O=C(CCNC(=O)c1cccs1)NC(C(=O)O)c1ccc2c(c1)CCO2. The number of fused-ring (bicyclic) bond motifs is 1. The van der Waals surface area contributed by atoms with Crippen molar-refractivity contribution in [2.24, 2.45) is 0 Å². The van der Waals surface area contributed by atoms with Crippen molar-refractivity contribution in [2.45, 2.75) is 18.9 Å². The molecule has 0 aliphatic carbocycles. The van der Waals surface area contributed by atoms with Crippen molar-refractivity contribution < 1.29 is 24.2 Å². The van der Waals surface area contributed by atoms with E-state index in [9.17, 15) is 19.5 Å². The third kappa shape index (κ3) is 4.20. The summed E-state index contributed by atoms with van der Waals surface area (Å²) in [6.45, 7) is 0.708. The number of benzene rings is 1. The Bertz CT molecular complexity index is 819. The van der Waals surface area contributed by atoms with Crippen LogP contribution in [-0.2, 0) is 16.0 Å². The largest absolute Gasteiger partial charge is 0.493 e. The zero-order chi connectivity index (χ0) is 18.5. The molecule has 1 atom stereocenters. The van der Waals surface area contributed by atoms with Crippen molar-refractivity contribution in [1.29, 1.82) is 0 Å². The van der Waals surface area contributed by atoms with Crippen molar-refractivity contribution in [3.05, 3.63) is 51.7 Å². The molecule has 0 radical (unpaired) electrons. The van der Waals surface area contributed by atoms with Crippen LogP contribution in [0.15, 0.2) is 35.7 Å². The highest BCUT2D eigenvalue weighted by Gasteiger charge is 2.24. The van der Waals surface area contributed by atoms with Crippen molar-refractivity contribution in [3.63, 3.8) is 0 Å². The molecule has 1 aromatic carbocycles. The molecule has 2 aromatic rings. The van der Waals surface area contributed by atoms with Gasteiger partial charge in [-0.3, -0.25) is 9.59 Å². The van der Waals surface area contributed by atoms with Crippen LogP contribution >= 0.6 is 11.3 Å². The molecule has 0 spiro atoms. The van der Waals surface area contributed by atoms with E-state index < -0.39 is 17.9 Å². The molecule has 26 heavy (non-hydrogen) atoms. The Hall–Kier alpha value is -2.87. The first-order valence-electron chi connectivity index (χ1n) is 8.14. The maximum atomic E-state index is 12.1. The number of ether oxygens (including phenoxy) is 1. The molecule has 1 aromatic heterocycles. The third-order valence-electron chi connectivity index (χ3n) is 3.98. The Morgan fingerprint density at radius 3 is 2.85 bits per heavy atom. The van der Waals surface area contributed by atoms with Gasteiger partial charge >= 0.3 is 5.97 Å². The molecule has 8 heteroatoms. The molecule has 2 amide bonds. The lowest BCUT2D eigenvalue weighted by Crippen LogP contribution is -2.36. The number of thiophene rings is 1. The van der Waals surface area contributed by atoms with Gasteiger partial charge in [-0.1, -0.05) is 12.1 Å². The first kappa shape index (κ1) is 17.9. The van der Waals surface area contributed by atoms with E-state index in [-0.39, 0.29) is 18.9 Å². The first-order valence-corrected chi connectivity index (χ1v) is 9.02. The van der Waals surface area contributed by atoms with E-state index in [0.717, 1.165) is 17.7 Å². The summed E-state index contributed by atoms with van der Waals surface area (Å²) in [6, 6.07) is 7.44. The molecule has 2 heterocycles. The molecule has 0 saturated carbocycles. The molecule has 3 rings (SSSR count). The van der Waals surface area contributed by atoms with Crippen molar-refractivity contribution >= 4 is 29.1 Å². The number of carboxylic acid groups (broad SMARTS) is 1. The second-order valence-corrected chi connectivity index (χ2v) is 6.74. The molecule has 0 saturated heterocycles. The molecule has 7 nitrogen and oxygen atoms in total. The van der Waals surface area contributed by atoms with Gasteiger partial charge in [0.2, 0.25) is 5.91 Å². The van der Waals surface area contributed by atoms with Gasteiger partial charge in [0.1, 0.15) is 5.75 Å². The lowest BCUT2D eigenvalue weighted by molar-refractivity contribution is -0.142. The van der Waals surface area contributed by atoms with Gasteiger partial charge in [-0.25, -0.2) is 4.79 Å². The zero-order valence-electron chi connectivity index (χ0n) is 13.9. The number of hydrogen-bond acceptors (Lipinski definition) is 5. The van der Waals surface area contributed by atoms with E-state index in [2.05, 4.69) is 10.6 Å². The predicted octanol–water partition coefficient (Wildman–Crippen LogP) is 1.75. The zero-order valence-corrected chi connectivity index (χ0v) is 14.7. The first-order chi connectivity index (χ1) is 12.5. The molecule has 1 aliphatic heterocycles. The highest BCUT2D eigenvalue weighted by molar-refractivity contribution is 7.12. The average Bonchev–Trinajstić information content (AvgIpc) is 3.30. The number of carbonyl (C=O) groups is 3. The summed E-state index contributed by atoms with van der Waals surface area (Å²) in [5.74, 6) is -1.08. The Balaban J connectivity index is 1.55. The van der Waals surface area contributed by atoms with Crippen LogP contribution in [-0.4, -0.2) is 36.0 Å². The summed E-state index contributed by atoms with van der Waals surface area (Å²) in [7, 11) is 0. The highest BCUT2D eigenvalue weighted by Crippen LogP contribution is 2.28. The van der Waals surface area contributed by atoms with Gasteiger partial charge in [0.25, 0.3) is 5.91 Å². The van der Waals surface area contributed by atoms with Crippen LogP contribution < -0.4 is 15.4 Å². The lowest BCUT2D eigenvalue weighted by atomic mass is 10.0. The second kappa shape index (κ2) is 8.01. The fourth-order valence-corrected chi connectivity index (χ4v) is 3.33. The lowest BCUT2D eigenvalue weighted by Gasteiger charge is -2.16. The predicted molar refractivity (Wildman–Crippen MR) is 95.4 cm³/mol. The van der Waals surface area contributed by atoms with E-state index in [0.29, 0.717) is 17.0 Å². The van der Waals surface area contributed by atoms with Crippen LogP contribution in [0.4, 0.5) is 0 Å². The van der Waals surface area contributed by atoms with E-state index in [4.69, 9.17) is 4.74 Å². The summed E-state index contributed by atoms with van der Waals surface area (Å²) in [4.78, 5) is 36.0. The van der Waals surface area contributed by atoms with Crippen LogP contribution in [0.3, 0.4) is 0 Å². The molecular weight excluding hydrogens is 356 g/mol. The van der Waals surface area contributed by atoms with Gasteiger partial charge < -0.3 is 20.5 Å². The number of amides is 2. The fraction of sp³-hybridized carbons (Fsp3) is 0.278. The van der Waals surface area contributed by atoms with Crippen LogP contribution in [0.1, 0.15) is 33.3 Å². The van der Waals surface area contributed by atoms with Gasteiger partial charge in [-0.2, -0.15) is 0 Å². The molecule has 0 fully saturated rings. The Morgan fingerprint density at radius 1 is 1.27 bits per heavy atom. The molecule has 3 N–H and O–H groups in total. The van der Waals surface area contributed by atoms with Gasteiger partial charge in [-0.15, -0.1) is 11.3 Å². The fourth-order valence-electron chi connectivity index (χ4n) is 2.69. The minimum atomic E-state index is -1.14. The Labute approximate surface area is 154 Å². The van der Waals surface area contributed by atoms with Crippen LogP contribution in [0.2, 0.25) is 0 Å². The summed E-state index contributed by atoms with van der Waals surface area (Å²) in [5.41, 5.74) is 1.43. The summed E-state index contributed by atoms with van der Waals surface area (Å²) in [5, 5.41) is 16.4. The monoisotopic (exact) mass is 374 g/mol. The van der Waals surface area contributed by atoms with Crippen molar-refractivity contribution in [3.8, 4) is 5.75 Å². The number of nitrogens with one attached hydrogen (secondary N) is 2. The maximum Gasteiger partial charge on any atom is 0.330 e. The molecule has 1 unspecified atom stereocenters. The van der Waals surface area contributed by atoms with E-state index in [1.165, 1.54) is 11.3 Å². The molecule has 136 valence electrons. The minimum Gasteiger partial charge on any atom is -0.493 e. The van der Waals surface area contributed by atoms with Crippen molar-refractivity contribution in [1.82, 2.24) is 10.6 Å². The molecular formula is C18H18N2O5S. The topological polar surface area (TPSA) is 105 Å². The summed E-state index contributed by atoms with van der Waals surface area (Å²) < 4.78 is 5.41. The number of carboxylic acids is 1. The van der Waals surface area contributed by atoms with E-state index >= 15 is 0 Å². The van der Waals surface area contributed by atoms with Crippen LogP contribution in [0.25, 0.3) is 0 Å². The summed E-state index contributed by atoms with van der Waals surface area (Å²) in [6.07, 6.45) is 0.715.